The maximum absolute atomic E-state index is 12.0. The van der Waals surface area contributed by atoms with Crippen LogP contribution in [0.4, 0.5) is 16.5 Å². The van der Waals surface area contributed by atoms with E-state index in [0.717, 1.165) is 18.8 Å². The maximum atomic E-state index is 12.0. The van der Waals surface area contributed by atoms with Crippen LogP contribution in [0.3, 0.4) is 0 Å². The van der Waals surface area contributed by atoms with Crippen LogP contribution in [0, 0.1) is 0 Å². The SMILES string of the molecule is CNc1nnc(C(=O)Nc2ccc(N3CCCC3)cc2)s1. The number of benzene rings is 1. The third-order valence-corrected chi connectivity index (χ3v) is 4.37. The van der Waals surface area contributed by atoms with Crippen LogP contribution in [-0.4, -0.2) is 36.2 Å². The van der Waals surface area contributed by atoms with Gasteiger partial charge in [0, 0.05) is 31.5 Å². The lowest BCUT2D eigenvalue weighted by Crippen LogP contribution is -2.17. The van der Waals surface area contributed by atoms with Crippen LogP contribution in [0.15, 0.2) is 24.3 Å². The normalized spacial score (nSPS) is 14.2. The molecule has 0 saturated carbocycles. The van der Waals surface area contributed by atoms with Crippen molar-refractivity contribution in [2.45, 2.75) is 12.8 Å². The lowest BCUT2D eigenvalue weighted by Gasteiger charge is -2.17. The van der Waals surface area contributed by atoms with E-state index < -0.39 is 0 Å². The first-order chi connectivity index (χ1) is 10.3. The molecule has 1 fully saturated rings. The minimum Gasteiger partial charge on any atom is -0.372 e. The Morgan fingerprint density at radius 3 is 2.52 bits per heavy atom. The summed E-state index contributed by atoms with van der Waals surface area (Å²) in [5, 5.41) is 14.4. The van der Waals surface area contributed by atoms with Gasteiger partial charge < -0.3 is 15.5 Å². The summed E-state index contributed by atoms with van der Waals surface area (Å²) in [4.78, 5) is 14.4. The number of hydrogen-bond donors (Lipinski definition) is 2. The van der Waals surface area contributed by atoms with Gasteiger partial charge in [0.2, 0.25) is 10.1 Å². The molecule has 1 aromatic heterocycles. The van der Waals surface area contributed by atoms with Crippen molar-refractivity contribution in [1.29, 1.82) is 0 Å². The minimum absolute atomic E-state index is 0.233. The molecule has 1 aliphatic rings. The fourth-order valence-corrected chi connectivity index (χ4v) is 2.92. The summed E-state index contributed by atoms with van der Waals surface area (Å²) in [6, 6.07) is 7.93. The fraction of sp³-hybridized carbons (Fsp3) is 0.357. The summed E-state index contributed by atoms with van der Waals surface area (Å²) in [7, 11) is 1.75. The van der Waals surface area contributed by atoms with Gasteiger partial charge in [-0.15, -0.1) is 10.2 Å². The predicted molar refractivity (Wildman–Crippen MR) is 85.3 cm³/mol. The zero-order valence-corrected chi connectivity index (χ0v) is 12.6. The van der Waals surface area contributed by atoms with E-state index >= 15 is 0 Å². The second-order valence-corrected chi connectivity index (χ2v) is 5.84. The molecular formula is C14H17N5OS. The summed E-state index contributed by atoms with van der Waals surface area (Å²) in [6.45, 7) is 2.23. The van der Waals surface area contributed by atoms with Gasteiger partial charge in [0.1, 0.15) is 0 Å². The molecule has 3 rings (SSSR count). The third-order valence-electron chi connectivity index (χ3n) is 3.43. The second kappa shape index (κ2) is 6.09. The molecule has 21 heavy (non-hydrogen) atoms. The summed E-state index contributed by atoms with van der Waals surface area (Å²) >= 11 is 1.23. The standard InChI is InChI=1S/C14H17N5OS/c1-15-14-18-17-13(21-14)12(20)16-10-4-6-11(7-5-10)19-8-2-3-9-19/h4-7H,2-3,8-9H2,1H3,(H,15,18)(H,16,20). The van der Waals surface area contributed by atoms with Gasteiger partial charge in [-0.05, 0) is 37.1 Å². The molecule has 6 nitrogen and oxygen atoms in total. The first kappa shape index (κ1) is 13.8. The third kappa shape index (κ3) is 3.13. The van der Waals surface area contributed by atoms with Crippen LogP contribution in [0.2, 0.25) is 0 Å². The lowest BCUT2D eigenvalue weighted by atomic mass is 10.2. The summed E-state index contributed by atoms with van der Waals surface area (Å²) < 4.78 is 0. The van der Waals surface area contributed by atoms with Gasteiger partial charge in [-0.3, -0.25) is 4.79 Å². The monoisotopic (exact) mass is 303 g/mol. The first-order valence-electron chi connectivity index (χ1n) is 6.94. The Hall–Kier alpha value is -2.15. The second-order valence-electron chi connectivity index (χ2n) is 4.86. The number of amides is 1. The van der Waals surface area contributed by atoms with Gasteiger partial charge >= 0.3 is 0 Å². The van der Waals surface area contributed by atoms with Crippen molar-refractivity contribution in [3.63, 3.8) is 0 Å². The van der Waals surface area contributed by atoms with E-state index in [-0.39, 0.29) is 5.91 Å². The van der Waals surface area contributed by atoms with Crippen molar-refractivity contribution in [1.82, 2.24) is 10.2 Å². The molecule has 0 unspecified atom stereocenters. The minimum atomic E-state index is -0.233. The summed E-state index contributed by atoms with van der Waals surface area (Å²) in [5.41, 5.74) is 1.98. The van der Waals surface area contributed by atoms with Crippen LogP contribution in [0.25, 0.3) is 0 Å². The van der Waals surface area contributed by atoms with E-state index in [1.54, 1.807) is 7.05 Å². The predicted octanol–water partition coefficient (Wildman–Crippen LogP) is 2.43. The van der Waals surface area contributed by atoms with Gasteiger partial charge in [-0.25, -0.2) is 0 Å². The Bertz CT molecular complexity index is 619. The Balaban J connectivity index is 1.65. The molecule has 0 aliphatic carbocycles. The maximum Gasteiger partial charge on any atom is 0.286 e. The van der Waals surface area contributed by atoms with E-state index in [0.29, 0.717) is 10.1 Å². The number of carbonyl (C=O) groups excluding carboxylic acids is 1. The highest BCUT2D eigenvalue weighted by atomic mass is 32.1. The fourth-order valence-electron chi connectivity index (χ4n) is 2.33. The van der Waals surface area contributed by atoms with Crippen LogP contribution < -0.4 is 15.5 Å². The van der Waals surface area contributed by atoms with Crippen molar-refractivity contribution in [3.05, 3.63) is 29.3 Å². The molecule has 2 heterocycles. The van der Waals surface area contributed by atoms with Crippen molar-refractivity contribution in [3.8, 4) is 0 Å². The quantitative estimate of drug-likeness (QED) is 0.908. The molecule has 110 valence electrons. The molecule has 0 bridgehead atoms. The van der Waals surface area contributed by atoms with Gasteiger partial charge in [0.15, 0.2) is 0 Å². The lowest BCUT2D eigenvalue weighted by molar-refractivity contribution is 0.102. The Morgan fingerprint density at radius 2 is 1.90 bits per heavy atom. The van der Waals surface area contributed by atoms with Gasteiger partial charge in [-0.1, -0.05) is 11.3 Å². The average Bonchev–Trinajstić information content (AvgIpc) is 3.19. The highest BCUT2D eigenvalue weighted by Gasteiger charge is 2.14. The van der Waals surface area contributed by atoms with Crippen molar-refractivity contribution in [2.24, 2.45) is 0 Å². The zero-order chi connectivity index (χ0) is 14.7. The van der Waals surface area contributed by atoms with Crippen LogP contribution >= 0.6 is 11.3 Å². The number of carbonyl (C=O) groups is 1. The molecule has 1 amide bonds. The Kier molecular flexibility index (Phi) is 4.01. The van der Waals surface area contributed by atoms with Crippen molar-refractivity contribution in [2.75, 3.05) is 35.7 Å². The van der Waals surface area contributed by atoms with E-state index in [1.807, 2.05) is 24.3 Å². The van der Waals surface area contributed by atoms with E-state index in [1.165, 1.54) is 29.9 Å². The molecular weight excluding hydrogens is 286 g/mol. The zero-order valence-electron chi connectivity index (χ0n) is 11.8. The van der Waals surface area contributed by atoms with Crippen molar-refractivity contribution < 1.29 is 4.79 Å². The summed E-state index contributed by atoms with van der Waals surface area (Å²) in [6.07, 6.45) is 2.51. The molecule has 0 atom stereocenters. The average molecular weight is 303 g/mol. The Morgan fingerprint density at radius 1 is 1.19 bits per heavy atom. The molecule has 0 radical (unpaired) electrons. The number of anilines is 3. The number of aromatic nitrogens is 2. The van der Waals surface area contributed by atoms with E-state index in [2.05, 4.69) is 25.7 Å². The molecule has 0 spiro atoms. The Labute approximate surface area is 127 Å². The number of nitrogens with zero attached hydrogens (tertiary/aromatic N) is 3. The molecule has 1 saturated heterocycles. The number of nitrogens with one attached hydrogen (secondary N) is 2. The molecule has 1 aromatic carbocycles. The van der Waals surface area contributed by atoms with Crippen LogP contribution in [0.5, 0.6) is 0 Å². The van der Waals surface area contributed by atoms with E-state index in [4.69, 9.17) is 0 Å². The highest BCUT2D eigenvalue weighted by Crippen LogP contribution is 2.22. The molecule has 2 N–H and O–H groups in total. The smallest absolute Gasteiger partial charge is 0.286 e. The number of hydrogen-bond acceptors (Lipinski definition) is 6. The largest absolute Gasteiger partial charge is 0.372 e. The summed E-state index contributed by atoms with van der Waals surface area (Å²) in [5.74, 6) is -0.233. The van der Waals surface area contributed by atoms with E-state index in [9.17, 15) is 4.79 Å². The van der Waals surface area contributed by atoms with Gasteiger partial charge in [0.05, 0.1) is 0 Å². The van der Waals surface area contributed by atoms with Gasteiger partial charge in [0.25, 0.3) is 5.91 Å². The first-order valence-corrected chi connectivity index (χ1v) is 7.75. The highest BCUT2D eigenvalue weighted by molar-refractivity contribution is 7.17. The molecule has 7 heteroatoms. The van der Waals surface area contributed by atoms with Crippen LogP contribution in [-0.2, 0) is 0 Å². The van der Waals surface area contributed by atoms with Crippen molar-refractivity contribution >= 4 is 33.8 Å². The molecule has 2 aromatic rings. The number of rotatable bonds is 4. The molecule has 1 aliphatic heterocycles. The van der Waals surface area contributed by atoms with Gasteiger partial charge in [-0.2, -0.15) is 0 Å². The van der Waals surface area contributed by atoms with Crippen LogP contribution in [0.1, 0.15) is 22.6 Å². The topological polar surface area (TPSA) is 70.1 Å².